The Bertz CT molecular complexity index is 841. The number of primary amides is 1. The number of carbonyl (C=O) groups excluding carboxylic acids is 3. The topological polar surface area (TPSA) is 113 Å². The van der Waals surface area contributed by atoms with Gasteiger partial charge in [-0.1, -0.05) is 24.3 Å². The Hall–Kier alpha value is -3.09. The number of hydrogen-bond acceptors (Lipinski definition) is 4. The van der Waals surface area contributed by atoms with Gasteiger partial charge in [0.25, 0.3) is 0 Å². The Kier molecular flexibility index (Phi) is 4.56. The number of amides is 3. The van der Waals surface area contributed by atoms with Gasteiger partial charge in [-0.25, -0.2) is 0 Å². The van der Waals surface area contributed by atoms with Crippen LogP contribution >= 0.6 is 0 Å². The molecule has 0 aromatic heterocycles. The lowest BCUT2D eigenvalue weighted by atomic mass is 9.96. The molecule has 0 bridgehead atoms. The summed E-state index contributed by atoms with van der Waals surface area (Å²) in [5, 5.41) is 13.7. The number of fused-ring (bicyclic) bond motifs is 1. The van der Waals surface area contributed by atoms with Gasteiger partial charge in [0, 0.05) is 35.5 Å². The smallest absolute Gasteiger partial charge is 0.313 e. The van der Waals surface area contributed by atoms with Crippen molar-refractivity contribution in [3.8, 4) is 5.75 Å². The molecule has 0 saturated carbocycles. The van der Waals surface area contributed by atoms with Crippen molar-refractivity contribution in [2.45, 2.75) is 12.8 Å². The highest BCUT2D eigenvalue weighted by Gasteiger charge is 2.29. The van der Waals surface area contributed by atoms with Gasteiger partial charge >= 0.3 is 11.8 Å². The first-order valence-corrected chi connectivity index (χ1v) is 8.07. The second-order valence-corrected chi connectivity index (χ2v) is 6.10. The van der Waals surface area contributed by atoms with Crippen molar-refractivity contribution in [2.24, 2.45) is 11.7 Å². The zero-order valence-electron chi connectivity index (χ0n) is 13.6. The largest absolute Gasteiger partial charge is 0.507 e. The van der Waals surface area contributed by atoms with E-state index in [1.54, 1.807) is 36.4 Å². The van der Waals surface area contributed by atoms with Gasteiger partial charge in [-0.2, -0.15) is 0 Å². The lowest BCUT2D eigenvalue weighted by molar-refractivity contribution is -0.144. The van der Waals surface area contributed by atoms with Crippen LogP contribution in [0.25, 0.3) is 10.8 Å². The predicted octanol–water partition coefficient (Wildman–Crippen LogP) is 1.21. The highest BCUT2D eigenvalue weighted by atomic mass is 16.3. The van der Waals surface area contributed by atoms with Gasteiger partial charge < -0.3 is 21.1 Å². The van der Waals surface area contributed by atoms with Gasteiger partial charge in [0.1, 0.15) is 5.75 Å². The number of carbonyl (C=O) groups is 3. The standard InChI is InChI=1S/C18H19N3O4/c19-16(23)11-7-9-21(10-8-11)18(25)17(24)20-14-5-1-4-13-12(14)3-2-6-15(13)22/h1-6,11,22H,7-10H2,(H2,19,23)(H,20,24). The molecule has 0 atom stereocenters. The van der Waals surface area contributed by atoms with Crippen LogP contribution in [0, 0.1) is 5.92 Å². The first-order valence-electron chi connectivity index (χ1n) is 8.07. The maximum Gasteiger partial charge on any atom is 0.313 e. The summed E-state index contributed by atoms with van der Waals surface area (Å²) in [5.41, 5.74) is 5.73. The van der Waals surface area contributed by atoms with Crippen LogP contribution in [0.2, 0.25) is 0 Å². The number of anilines is 1. The molecule has 3 rings (SSSR count). The van der Waals surface area contributed by atoms with E-state index in [1.165, 1.54) is 4.90 Å². The molecular weight excluding hydrogens is 322 g/mol. The van der Waals surface area contributed by atoms with Crippen LogP contribution in [0.5, 0.6) is 5.75 Å². The van der Waals surface area contributed by atoms with E-state index >= 15 is 0 Å². The number of piperidine rings is 1. The highest BCUT2D eigenvalue weighted by Crippen LogP contribution is 2.29. The minimum Gasteiger partial charge on any atom is -0.507 e. The number of rotatable bonds is 2. The number of benzene rings is 2. The van der Waals surface area contributed by atoms with Crippen LogP contribution in [0.4, 0.5) is 5.69 Å². The molecule has 1 aliphatic rings. The van der Waals surface area contributed by atoms with Gasteiger partial charge in [-0.05, 0) is 25.0 Å². The second-order valence-electron chi connectivity index (χ2n) is 6.10. The van der Waals surface area contributed by atoms with E-state index in [0.717, 1.165) is 0 Å². The number of phenolic OH excluding ortho intramolecular Hbond substituents is 1. The third-order valence-electron chi connectivity index (χ3n) is 4.53. The van der Waals surface area contributed by atoms with Crippen LogP contribution in [-0.2, 0) is 14.4 Å². The fraction of sp³-hybridized carbons (Fsp3) is 0.278. The van der Waals surface area contributed by atoms with Crippen molar-refractivity contribution in [2.75, 3.05) is 18.4 Å². The van der Waals surface area contributed by atoms with Crippen molar-refractivity contribution in [3.05, 3.63) is 36.4 Å². The van der Waals surface area contributed by atoms with Crippen LogP contribution in [0.1, 0.15) is 12.8 Å². The van der Waals surface area contributed by atoms with Crippen LogP contribution in [0.15, 0.2) is 36.4 Å². The molecule has 1 fully saturated rings. The molecule has 1 aliphatic heterocycles. The number of hydrogen-bond donors (Lipinski definition) is 3. The van der Waals surface area contributed by atoms with E-state index in [4.69, 9.17) is 5.73 Å². The monoisotopic (exact) mass is 341 g/mol. The van der Waals surface area contributed by atoms with Crippen molar-refractivity contribution < 1.29 is 19.5 Å². The molecule has 2 aromatic rings. The lowest BCUT2D eigenvalue weighted by Crippen LogP contribution is -2.46. The number of phenols is 1. The summed E-state index contributed by atoms with van der Waals surface area (Å²) in [6.07, 6.45) is 0.937. The molecule has 3 amide bonds. The van der Waals surface area contributed by atoms with E-state index < -0.39 is 11.8 Å². The van der Waals surface area contributed by atoms with Crippen LogP contribution < -0.4 is 11.1 Å². The van der Waals surface area contributed by atoms with Gasteiger partial charge in [0.05, 0.1) is 0 Å². The van der Waals surface area contributed by atoms with Crippen molar-refractivity contribution in [1.29, 1.82) is 0 Å². The van der Waals surface area contributed by atoms with Gasteiger partial charge in [0.2, 0.25) is 5.91 Å². The molecule has 4 N–H and O–H groups in total. The third-order valence-corrected chi connectivity index (χ3v) is 4.53. The zero-order chi connectivity index (χ0) is 18.0. The lowest BCUT2D eigenvalue weighted by Gasteiger charge is -2.30. The Labute approximate surface area is 144 Å². The van der Waals surface area contributed by atoms with Crippen LogP contribution in [0.3, 0.4) is 0 Å². The summed E-state index contributed by atoms with van der Waals surface area (Å²) in [7, 11) is 0. The van der Waals surface area contributed by atoms with E-state index in [1.807, 2.05) is 0 Å². The quantitative estimate of drug-likeness (QED) is 0.713. The van der Waals surface area contributed by atoms with E-state index in [9.17, 15) is 19.5 Å². The maximum absolute atomic E-state index is 12.3. The van der Waals surface area contributed by atoms with Crippen molar-refractivity contribution in [1.82, 2.24) is 4.90 Å². The van der Waals surface area contributed by atoms with Crippen LogP contribution in [-0.4, -0.2) is 40.8 Å². The molecule has 25 heavy (non-hydrogen) atoms. The molecule has 1 heterocycles. The average molecular weight is 341 g/mol. The maximum atomic E-state index is 12.3. The Balaban J connectivity index is 1.72. The van der Waals surface area contributed by atoms with Crippen molar-refractivity contribution in [3.63, 3.8) is 0 Å². The first-order chi connectivity index (χ1) is 12.0. The predicted molar refractivity (Wildman–Crippen MR) is 92.7 cm³/mol. The summed E-state index contributed by atoms with van der Waals surface area (Å²) < 4.78 is 0. The number of nitrogens with one attached hydrogen (secondary N) is 1. The molecule has 0 aliphatic carbocycles. The van der Waals surface area contributed by atoms with E-state index in [0.29, 0.717) is 42.4 Å². The molecular formula is C18H19N3O4. The number of nitrogens with zero attached hydrogens (tertiary/aromatic N) is 1. The minimum atomic E-state index is -0.742. The molecule has 7 nitrogen and oxygen atoms in total. The normalized spacial score (nSPS) is 15.1. The second kappa shape index (κ2) is 6.80. The van der Waals surface area contributed by atoms with Gasteiger partial charge in [0.15, 0.2) is 0 Å². The molecule has 7 heteroatoms. The summed E-state index contributed by atoms with van der Waals surface area (Å²) in [4.78, 5) is 37.2. The molecule has 0 spiro atoms. The van der Waals surface area contributed by atoms with Gasteiger partial charge in [-0.3, -0.25) is 14.4 Å². The van der Waals surface area contributed by atoms with E-state index in [2.05, 4.69) is 5.32 Å². The SMILES string of the molecule is NC(=O)C1CCN(C(=O)C(=O)Nc2cccc3c(O)cccc23)CC1. The van der Waals surface area contributed by atoms with Gasteiger partial charge in [-0.15, -0.1) is 0 Å². The Morgan fingerprint density at radius 2 is 1.68 bits per heavy atom. The molecule has 130 valence electrons. The van der Waals surface area contributed by atoms with E-state index in [-0.39, 0.29) is 17.6 Å². The fourth-order valence-electron chi connectivity index (χ4n) is 3.09. The molecule has 2 aromatic carbocycles. The third kappa shape index (κ3) is 3.40. The van der Waals surface area contributed by atoms with Crippen molar-refractivity contribution >= 4 is 34.2 Å². The summed E-state index contributed by atoms with van der Waals surface area (Å²) in [5.74, 6) is -1.89. The highest BCUT2D eigenvalue weighted by molar-refractivity contribution is 6.40. The molecule has 1 saturated heterocycles. The average Bonchev–Trinajstić information content (AvgIpc) is 2.62. The molecule has 0 unspecified atom stereocenters. The fourth-order valence-corrected chi connectivity index (χ4v) is 3.09. The minimum absolute atomic E-state index is 0.105. The summed E-state index contributed by atoms with van der Waals surface area (Å²) >= 11 is 0. The number of likely N-dealkylation sites (tertiary alicyclic amines) is 1. The summed E-state index contributed by atoms with van der Waals surface area (Å²) in [6.45, 7) is 0.659. The first kappa shape index (κ1) is 16.8. The Morgan fingerprint density at radius 3 is 2.36 bits per heavy atom. The number of aromatic hydroxyl groups is 1. The number of nitrogens with two attached hydrogens (primary N) is 1. The molecule has 0 radical (unpaired) electrons. The zero-order valence-corrected chi connectivity index (χ0v) is 13.6. The summed E-state index contributed by atoms with van der Waals surface area (Å²) in [6, 6.07) is 10.1. The Morgan fingerprint density at radius 1 is 1.04 bits per heavy atom.